The summed E-state index contributed by atoms with van der Waals surface area (Å²) in [6.07, 6.45) is 2.27. The van der Waals surface area contributed by atoms with Gasteiger partial charge in [0.1, 0.15) is 23.7 Å². The van der Waals surface area contributed by atoms with E-state index in [0.29, 0.717) is 22.9 Å². The number of halogens is 3. The molecule has 2 aliphatic carbocycles. The second-order valence-corrected chi connectivity index (χ2v) is 7.89. The van der Waals surface area contributed by atoms with Gasteiger partial charge in [0.15, 0.2) is 0 Å². The van der Waals surface area contributed by atoms with Crippen molar-refractivity contribution in [2.24, 2.45) is 22.1 Å². The minimum atomic E-state index is -0.684. The molecule has 5 rings (SSSR count). The first-order valence-electron chi connectivity index (χ1n) is 8.28. The Hall–Kier alpha value is -2.38. The highest BCUT2D eigenvalue weighted by atomic mass is 35.5. The first kappa shape index (κ1) is 16.8. The van der Waals surface area contributed by atoms with Crippen molar-refractivity contribution in [2.75, 3.05) is 11.9 Å². The van der Waals surface area contributed by atoms with Gasteiger partial charge in [-0.15, -0.1) is 0 Å². The van der Waals surface area contributed by atoms with E-state index in [1.54, 1.807) is 6.07 Å². The highest BCUT2D eigenvalue weighted by Gasteiger charge is 2.92. The van der Waals surface area contributed by atoms with E-state index >= 15 is 0 Å². The highest BCUT2D eigenvalue weighted by molar-refractivity contribution is 6.36. The molecule has 6 nitrogen and oxygen atoms in total. The molecule has 1 aromatic carbocycles. The van der Waals surface area contributed by atoms with Crippen molar-refractivity contribution in [1.82, 2.24) is 4.98 Å². The Balaban J connectivity index is 1.47. The van der Waals surface area contributed by atoms with E-state index in [1.165, 1.54) is 24.4 Å². The summed E-state index contributed by atoms with van der Waals surface area (Å²) < 4.78 is 19.9. The van der Waals surface area contributed by atoms with Gasteiger partial charge in [0.05, 0.1) is 10.0 Å². The zero-order valence-electron chi connectivity index (χ0n) is 13.8. The van der Waals surface area contributed by atoms with Crippen LogP contribution in [0.15, 0.2) is 35.5 Å². The Bertz CT molecular complexity index is 1050. The van der Waals surface area contributed by atoms with Crippen LogP contribution in [-0.2, 0) is 10.3 Å². The normalized spacial score (nSPS) is 29.7. The molecule has 1 aromatic heterocycles. The number of rotatable bonds is 3. The van der Waals surface area contributed by atoms with E-state index in [4.69, 9.17) is 33.7 Å². The Kier molecular flexibility index (Phi) is 3.31. The Labute approximate surface area is 163 Å². The molecule has 2 unspecified atom stereocenters. The number of aromatic nitrogens is 1. The molecule has 3 N–H and O–H groups in total. The number of benzene rings is 1. The van der Waals surface area contributed by atoms with Gasteiger partial charge in [-0.2, -0.15) is 0 Å². The summed E-state index contributed by atoms with van der Waals surface area (Å²) in [5.41, 5.74) is 5.74. The van der Waals surface area contributed by atoms with E-state index in [9.17, 15) is 9.18 Å². The smallest absolute Gasteiger partial charge is 0.282 e. The summed E-state index contributed by atoms with van der Waals surface area (Å²) in [5, 5.41) is 3.15. The molecule has 1 aliphatic heterocycles. The minimum absolute atomic E-state index is 0.0316. The van der Waals surface area contributed by atoms with Gasteiger partial charge in [-0.25, -0.2) is 14.4 Å². The Morgan fingerprint density at radius 3 is 2.93 bits per heavy atom. The number of carbonyl (C=O) groups excluding carboxylic acids is 1. The van der Waals surface area contributed by atoms with Crippen molar-refractivity contribution < 1.29 is 13.9 Å². The highest BCUT2D eigenvalue weighted by Crippen LogP contribution is 2.89. The molecule has 1 spiro atoms. The van der Waals surface area contributed by atoms with Crippen LogP contribution >= 0.6 is 23.2 Å². The number of pyridine rings is 1. The lowest BCUT2D eigenvalue weighted by atomic mass is 9.88. The first-order valence-corrected chi connectivity index (χ1v) is 9.03. The van der Waals surface area contributed by atoms with Crippen LogP contribution in [0.2, 0.25) is 10.0 Å². The molecule has 0 bridgehead atoms. The largest absolute Gasteiger partial charge is 0.465 e. The first-order chi connectivity index (χ1) is 12.9. The fraction of sp³-hybridized carbons (Fsp3) is 0.278. The van der Waals surface area contributed by atoms with Gasteiger partial charge in [0.25, 0.3) is 11.9 Å². The molecule has 0 saturated heterocycles. The third-order valence-electron chi connectivity index (χ3n) is 5.68. The number of amidine groups is 1. The number of anilines is 1. The molecule has 2 saturated carbocycles. The fourth-order valence-electron chi connectivity index (χ4n) is 4.19. The number of carbonyl (C=O) groups is 1. The molecular formula is C18H13Cl2FN4O2. The number of hydrogen-bond donors (Lipinski definition) is 2. The van der Waals surface area contributed by atoms with Crippen molar-refractivity contribution >= 4 is 40.8 Å². The molecule has 27 heavy (non-hydrogen) atoms. The number of hydrogen-bond acceptors (Lipinski definition) is 5. The van der Waals surface area contributed by atoms with Crippen molar-refractivity contribution in [3.8, 4) is 0 Å². The number of ether oxygens (including phenoxy) is 1. The summed E-state index contributed by atoms with van der Waals surface area (Å²) >= 11 is 11.8. The molecule has 3 atom stereocenters. The maximum Gasteiger partial charge on any atom is 0.282 e. The monoisotopic (exact) mass is 406 g/mol. The van der Waals surface area contributed by atoms with Crippen LogP contribution in [0.1, 0.15) is 22.5 Å². The molecule has 138 valence electrons. The predicted octanol–water partition coefficient (Wildman–Crippen LogP) is 3.34. The van der Waals surface area contributed by atoms with E-state index < -0.39 is 11.4 Å². The van der Waals surface area contributed by atoms with Gasteiger partial charge in [0, 0.05) is 28.8 Å². The molecule has 3 aliphatic rings. The SMILES string of the molecule is NC1=N[C@@]2(c3cc(NC(=O)c4ncc(Cl)cc4Cl)ccc3F)C3CC32CO1. The van der Waals surface area contributed by atoms with Crippen molar-refractivity contribution in [3.05, 3.63) is 57.6 Å². The summed E-state index contributed by atoms with van der Waals surface area (Å²) in [6, 6.07) is 5.88. The van der Waals surface area contributed by atoms with Crippen LogP contribution in [0.5, 0.6) is 0 Å². The van der Waals surface area contributed by atoms with Gasteiger partial charge in [-0.1, -0.05) is 23.2 Å². The quantitative estimate of drug-likeness (QED) is 0.817. The lowest BCUT2D eigenvalue weighted by Gasteiger charge is -2.29. The number of aliphatic imine (C=N–C) groups is 1. The zero-order chi connectivity index (χ0) is 19.0. The number of nitrogens with one attached hydrogen (secondary N) is 1. The van der Waals surface area contributed by atoms with Crippen LogP contribution in [0.4, 0.5) is 10.1 Å². The summed E-state index contributed by atoms with van der Waals surface area (Å²) in [4.78, 5) is 20.8. The number of nitrogens with zero attached hydrogens (tertiary/aromatic N) is 2. The Morgan fingerprint density at radius 2 is 2.19 bits per heavy atom. The number of fused-ring (bicyclic) bond motifs is 1. The van der Waals surface area contributed by atoms with Crippen molar-refractivity contribution in [1.29, 1.82) is 0 Å². The van der Waals surface area contributed by atoms with Gasteiger partial charge >= 0.3 is 0 Å². The van der Waals surface area contributed by atoms with Crippen LogP contribution in [0.25, 0.3) is 0 Å². The third-order valence-corrected chi connectivity index (χ3v) is 6.17. The molecule has 2 fully saturated rings. The van der Waals surface area contributed by atoms with Crippen LogP contribution < -0.4 is 11.1 Å². The molecule has 0 radical (unpaired) electrons. The number of nitrogens with two attached hydrogens (primary N) is 1. The maximum atomic E-state index is 14.6. The lowest BCUT2D eigenvalue weighted by Crippen LogP contribution is -2.35. The fourth-order valence-corrected chi connectivity index (χ4v) is 4.66. The van der Waals surface area contributed by atoms with E-state index in [2.05, 4.69) is 15.3 Å². The summed E-state index contributed by atoms with van der Waals surface area (Å²) in [5.74, 6) is -0.683. The molecule has 2 aromatic rings. The van der Waals surface area contributed by atoms with Gasteiger partial charge in [0.2, 0.25) is 0 Å². The van der Waals surface area contributed by atoms with Crippen molar-refractivity contribution in [2.45, 2.75) is 12.0 Å². The Morgan fingerprint density at radius 1 is 1.37 bits per heavy atom. The van der Waals surface area contributed by atoms with Gasteiger partial charge in [-0.05, 0) is 30.7 Å². The van der Waals surface area contributed by atoms with E-state index in [0.717, 1.165) is 6.42 Å². The van der Waals surface area contributed by atoms with Crippen molar-refractivity contribution in [3.63, 3.8) is 0 Å². The summed E-state index contributed by atoms with van der Waals surface area (Å²) in [7, 11) is 0. The standard InChI is InChI=1S/C18H13Cl2FN4O2/c19-8-3-11(20)14(23-6-8)15(26)24-9-1-2-12(21)10(4-9)18-13-5-17(13,18)7-27-16(22)25-18/h1-4,6,13H,5,7H2,(H2,22,25)(H,24,26)/t13?,17?,18-/m0/s1. The topological polar surface area (TPSA) is 89.6 Å². The predicted molar refractivity (Wildman–Crippen MR) is 98.4 cm³/mol. The maximum absolute atomic E-state index is 14.6. The lowest BCUT2D eigenvalue weighted by molar-refractivity contribution is 0.102. The van der Waals surface area contributed by atoms with Gasteiger partial charge < -0.3 is 15.8 Å². The summed E-state index contributed by atoms with van der Waals surface area (Å²) in [6.45, 7) is 0.438. The average molecular weight is 407 g/mol. The van der Waals surface area contributed by atoms with Crippen LogP contribution in [0.3, 0.4) is 0 Å². The van der Waals surface area contributed by atoms with E-state index in [1.807, 2.05) is 0 Å². The third kappa shape index (κ3) is 2.21. The average Bonchev–Trinajstić information content (AvgIpc) is 3.48. The zero-order valence-corrected chi connectivity index (χ0v) is 15.3. The molecule has 9 heteroatoms. The van der Waals surface area contributed by atoms with Crippen LogP contribution in [0, 0.1) is 17.2 Å². The molecule has 2 heterocycles. The molecule has 1 amide bonds. The second-order valence-electron chi connectivity index (χ2n) is 7.05. The minimum Gasteiger partial charge on any atom is -0.465 e. The van der Waals surface area contributed by atoms with Crippen LogP contribution in [-0.4, -0.2) is 23.5 Å². The number of amides is 1. The van der Waals surface area contributed by atoms with E-state index in [-0.39, 0.29) is 33.9 Å². The second kappa shape index (κ2) is 5.33. The molecular weight excluding hydrogens is 394 g/mol. The van der Waals surface area contributed by atoms with Gasteiger partial charge in [-0.3, -0.25) is 4.79 Å².